The summed E-state index contributed by atoms with van der Waals surface area (Å²) in [7, 11) is 0. The summed E-state index contributed by atoms with van der Waals surface area (Å²) in [5.74, 6) is 0. The van der Waals surface area contributed by atoms with Crippen LogP contribution in [0.4, 0.5) is 0 Å². The van der Waals surface area contributed by atoms with Gasteiger partial charge in [0.15, 0.2) is 0 Å². The second-order valence-corrected chi connectivity index (χ2v) is 1.04. The molecule has 0 bridgehead atoms. The van der Waals surface area contributed by atoms with Gasteiger partial charge in [0, 0.05) is 12.8 Å². The average molecular weight is 96.1 g/mol. The Morgan fingerprint density at radius 2 is 2.57 bits per heavy atom. The number of rotatable bonds is 2. The topological polar surface area (TPSA) is 36.1 Å². The van der Waals surface area contributed by atoms with Crippen molar-refractivity contribution in [1.82, 2.24) is 0 Å². The van der Waals surface area contributed by atoms with Crippen molar-refractivity contribution in [2.24, 2.45) is 4.99 Å². The smallest absolute Gasteiger partial charge is 0.0700 e. The van der Waals surface area contributed by atoms with Crippen LogP contribution >= 0.6 is 0 Å². The fourth-order valence-corrected chi connectivity index (χ4v) is 0.234. The van der Waals surface area contributed by atoms with Crippen molar-refractivity contribution in [2.45, 2.75) is 13.3 Å². The van der Waals surface area contributed by atoms with Gasteiger partial charge >= 0.3 is 0 Å². The minimum atomic E-state index is 0.438. The molecule has 0 amide bonds. The molecule has 0 spiro atoms. The minimum absolute atomic E-state index is 0.438. The highest BCUT2D eigenvalue weighted by atomic mass is 14.7. The van der Waals surface area contributed by atoms with Gasteiger partial charge in [0.1, 0.15) is 0 Å². The van der Waals surface area contributed by atoms with Crippen LogP contribution in [0.5, 0.6) is 0 Å². The maximum atomic E-state index is 7.95. The Morgan fingerprint density at radius 3 is 3.00 bits per heavy atom. The van der Waals surface area contributed by atoms with Gasteiger partial charge in [0.25, 0.3) is 0 Å². The Morgan fingerprint density at radius 1 is 1.86 bits per heavy atom. The lowest BCUT2D eigenvalue weighted by Crippen LogP contribution is -1.71. The van der Waals surface area contributed by atoms with Crippen molar-refractivity contribution >= 4 is 6.21 Å². The molecule has 0 aromatic heterocycles. The van der Waals surface area contributed by atoms with Crippen LogP contribution in [0.2, 0.25) is 0 Å². The van der Waals surface area contributed by atoms with E-state index in [4.69, 9.17) is 5.26 Å². The summed E-state index contributed by atoms with van der Waals surface area (Å²) in [4.78, 5) is 3.81. The monoisotopic (exact) mass is 96.1 g/mol. The first-order valence-corrected chi connectivity index (χ1v) is 2.27. The first-order chi connectivity index (χ1) is 3.41. The van der Waals surface area contributed by atoms with E-state index < -0.39 is 0 Å². The summed E-state index contributed by atoms with van der Waals surface area (Å²) in [6.07, 6.45) is 2.06. The molecule has 0 aromatic rings. The molecule has 0 heterocycles. The molecule has 0 aliphatic carbocycles. The van der Waals surface area contributed by atoms with Crippen molar-refractivity contribution in [3.8, 4) is 6.07 Å². The molecule has 0 saturated carbocycles. The third kappa shape index (κ3) is 5.16. The van der Waals surface area contributed by atoms with Crippen molar-refractivity contribution in [3.63, 3.8) is 0 Å². The Kier molecular flexibility index (Phi) is 4.54. The van der Waals surface area contributed by atoms with Crippen LogP contribution in [-0.2, 0) is 0 Å². The third-order valence-corrected chi connectivity index (χ3v) is 0.494. The molecule has 2 heteroatoms. The van der Waals surface area contributed by atoms with Gasteiger partial charge in [-0.3, -0.25) is 4.99 Å². The Balaban J connectivity index is 2.97. The van der Waals surface area contributed by atoms with E-state index in [0.29, 0.717) is 6.42 Å². The van der Waals surface area contributed by atoms with E-state index in [1.54, 1.807) is 6.21 Å². The van der Waals surface area contributed by atoms with E-state index in [9.17, 15) is 0 Å². The second kappa shape index (κ2) is 5.16. The number of hydrogen-bond donors (Lipinski definition) is 0. The van der Waals surface area contributed by atoms with Gasteiger partial charge in [0.2, 0.25) is 0 Å². The Hall–Kier alpha value is -0.840. The molecule has 0 radical (unpaired) electrons. The van der Waals surface area contributed by atoms with E-state index in [0.717, 1.165) is 6.54 Å². The number of aliphatic imine (C=N–C) groups is 1. The summed E-state index contributed by atoms with van der Waals surface area (Å²) in [5, 5.41) is 7.95. The van der Waals surface area contributed by atoms with E-state index in [2.05, 4.69) is 4.99 Å². The SMILES string of the molecule is CCN=CCC#N. The zero-order valence-corrected chi connectivity index (χ0v) is 4.39. The molecular weight excluding hydrogens is 88.1 g/mol. The lowest BCUT2D eigenvalue weighted by Gasteiger charge is -1.72. The van der Waals surface area contributed by atoms with Crippen molar-refractivity contribution in [3.05, 3.63) is 0 Å². The van der Waals surface area contributed by atoms with Crippen molar-refractivity contribution < 1.29 is 0 Å². The van der Waals surface area contributed by atoms with Crippen LogP contribution in [0.25, 0.3) is 0 Å². The summed E-state index contributed by atoms with van der Waals surface area (Å²) in [6, 6.07) is 1.95. The fourth-order valence-electron chi connectivity index (χ4n) is 0.234. The van der Waals surface area contributed by atoms with E-state index >= 15 is 0 Å². The molecule has 0 aromatic carbocycles. The lowest BCUT2D eigenvalue weighted by atomic mass is 10.5. The zero-order chi connectivity index (χ0) is 5.54. The summed E-state index contributed by atoms with van der Waals surface area (Å²) in [6.45, 7) is 2.72. The van der Waals surface area contributed by atoms with Gasteiger partial charge in [0.05, 0.1) is 12.5 Å². The lowest BCUT2D eigenvalue weighted by molar-refractivity contribution is 1.13. The van der Waals surface area contributed by atoms with Crippen LogP contribution in [0, 0.1) is 11.3 Å². The van der Waals surface area contributed by atoms with Gasteiger partial charge in [-0.15, -0.1) is 0 Å². The highest BCUT2D eigenvalue weighted by molar-refractivity contribution is 5.59. The number of hydrogen-bond acceptors (Lipinski definition) is 2. The molecule has 0 N–H and O–H groups in total. The van der Waals surface area contributed by atoms with E-state index in [-0.39, 0.29) is 0 Å². The molecule has 0 atom stereocenters. The quantitative estimate of drug-likeness (QED) is 0.472. The van der Waals surface area contributed by atoms with Crippen LogP contribution in [-0.4, -0.2) is 12.8 Å². The second-order valence-electron chi connectivity index (χ2n) is 1.04. The molecule has 0 aliphatic rings. The van der Waals surface area contributed by atoms with Gasteiger partial charge < -0.3 is 0 Å². The first kappa shape index (κ1) is 6.16. The minimum Gasteiger partial charge on any atom is -0.297 e. The summed E-state index contributed by atoms with van der Waals surface area (Å²) in [5.41, 5.74) is 0. The maximum absolute atomic E-state index is 7.95. The molecule has 38 valence electrons. The largest absolute Gasteiger partial charge is 0.297 e. The normalized spacial score (nSPS) is 9.14. The first-order valence-electron chi connectivity index (χ1n) is 2.27. The Labute approximate surface area is 43.5 Å². The van der Waals surface area contributed by atoms with Crippen LogP contribution in [0.1, 0.15) is 13.3 Å². The van der Waals surface area contributed by atoms with Crippen LogP contribution in [0.15, 0.2) is 4.99 Å². The predicted molar refractivity (Wildman–Crippen MR) is 29.3 cm³/mol. The molecule has 0 unspecified atom stereocenters. The number of nitriles is 1. The molecular formula is C5H8N2. The summed E-state index contributed by atoms with van der Waals surface area (Å²) >= 11 is 0. The van der Waals surface area contributed by atoms with Gasteiger partial charge in [-0.2, -0.15) is 5.26 Å². The van der Waals surface area contributed by atoms with E-state index in [1.165, 1.54) is 0 Å². The molecule has 2 nitrogen and oxygen atoms in total. The molecule has 0 saturated heterocycles. The highest BCUT2D eigenvalue weighted by Crippen LogP contribution is 1.67. The Bertz CT molecular complexity index is 88.7. The van der Waals surface area contributed by atoms with Gasteiger partial charge in [-0.1, -0.05) is 0 Å². The van der Waals surface area contributed by atoms with Gasteiger partial charge in [-0.25, -0.2) is 0 Å². The maximum Gasteiger partial charge on any atom is 0.0700 e. The highest BCUT2D eigenvalue weighted by Gasteiger charge is 1.66. The van der Waals surface area contributed by atoms with Gasteiger partial charge in [-0.05, 0) is 6.92 Å². The summed E-state index contributed by atoms with van der Waals surface area (Å²) < 4.78 is 0. The average Bonchev–Trinajstić information content (AvgIpc) is 1.69. The van der Waals surface area contributed by atoms with Crippen molar-refractivity contribution in [1.29, 1.82) is 5.26 Å². The van der Waals surface area contributed by atoms with Crippen LogP contribution in [0.3, 0.4) is 0 Å². The molecule has 7 heavy (non-hydrogen) atoms. The zero-order valence-electron chi connectivity index (χ0n) is 4.39. The number of nitrogens with zero attached hydrogens (tertiary/aromatic N) is 2. The van der Waals surface area contributed by atoms with Crippen molar-refractivity contribution in [2.75, 3.05) is 6.54 Å². The van der Waals surface area contributed by atoms with Crippen LogP contribution < -0.4 is 0 Å². The molecule has 0 aliphatic heterocycles. The fraction of sp³-hybridized carbons (Fsp3) is 0.600. The van der Waals surface area contributed by atoms with E-state index in [1.807, 2.05) is 13.0 Å². The standard InChI is InChI=1S/C5H8N2/c1-2-7-5-3-4-6/h5H,2-3H2,1H3. The molecule has 0 rings (SSSR count). The molecule has 0 fully saturated rings. The third-order valence-electron chi connectivity index (χ3n) is 0.494. The predicted octanol–water partition coefficient (Wildman–Crippen LogP) is 0.991.